The smallest absolute Gasteiger partial charge is 0.311 e. The third-order valence-corrected chi connectivity index (χ3v) is 7.21. The Balaban J connectivity index is 1.84. The summed E-state index contributed by atoms with van der Waals surface area (Å²) in [6, 6.07) is 17.4. The molecule has 0 aromatic heterocycles. The minimum Gasteiger partial charge on any atom is -0.481 e. The third-order valence-electron chi connectivity index (χ3n) is 7.21. The van der Waals surface area contributed by atoms with Crippen molar-refractivity contribution in [1.82, 2.24) is 5.32 Å². The molecule has 1 saturated carbocycles. The van der Waals surface area contributed by atoms with Crippen molar-refractivity contribution in [2.45, 2.75) is 31.1 Å². The molecule has 6 rings (SSSR count). The van der Waals surface area contributed by atoms with E-state index in [0.717, 1.165) is 19.4 Å². The summed E-state index contributed by atoms with van der Waals surface area (Å²) in [5.41, 5.74) is 4.27. The molecule has 2 bridgehead atoms. The first-order valence-corrected chi connectivity index (χ1v) is 9.21. The number of carbonyl (C=O) groups is 1. The Hall–Kier alpha value is -2.13. The Bertz CT molecular complexity index is 859. The van der Waals surface area contributed by atoms with E-state index in [1.54, 1.807) is 0 Å². The Morgan fingerprint density at radius 2 is 1.92 bits per heavy atom. The molecule has 0 amide bonds. The van der Waals surface area contributed by atoms with E-state index in [0.29, 0.717) is 6.54 Å². The quantitative estimate of drug-likeness (QED) is 0.885. The molecule has 3 aliphatic carbocycles. The van der Waals surface area contributed by atoms with Crippen LogP contribution in [-0.4, -0.2) is 24.2 Å². The number of aliphatic carboxylic acids is 1. The van der Waals surface area contributed by atoms with Gasteiger partial charge < -0.3 is 10.4 Å². The van der Waals surface area contributed by atoms with Gasteiger partial charge in [0.05, 0.1) is 5.41 Å². The van der Waals surface area contributed by atoms with Crippen LogP contribution in [0.25, 0.3) is 0 Å². The number of nitrogens with one attached hydrogen (secondary N) is 1. The summed E-state index contributed by atoms with van der Waals surface area (Å²) in [4.78, 5) is 12.5. The highest BCUT2D eigenvalue weighted by Gasteiger charge is 2.68. The van der Waals surface area contributed by atoms with Crippen LogP contribution >= 0.6 is 0 Å². The molecule has 2 aromatic carbocycles. The molecule has 4 aliphatic rings. The van der Waals surface area contributed by atoms with Crippen molar-refractivity contribution < 1.29 is 9.90 Å². The summed E-state index contributed by atoms with van der Waals surface area (Å²) < 4.78 is 0. The van der Waals surface area contributed by atoms with Gasteiger partial charge in [0.1, 0.15) is 0 Å². The largest absolute Gasteiger partial charge is 0.481 e. The second-order valence-electron chi connectivity index (χ2n) is 8.04. The Labute approximate surface area is 148 Å². The fourth-order valence-corrected chi connectivity index (χ4v) is 6.20. The van der Waals surface area contributed by atoms with Gasteiger partial charge in [0.15, 0.2) is 0 Å². The van der Waals surface area contributed by atoms with Gasteiger partial charge in [-0.25, -0.2) is 0 Å². The number of carboxylic acids is 1. The van der Waals surface area contributed by atoms with Crippen LogP contribution < -0.4 is 5.32 Å². The van der Waals surface area contributed by atoms with Crippen molar-refractivity contribution >= 4 is 5.97 Å². The van der Waals surface area contributed by atoms with Crippen molar-refractivity contribution in [2.24, 2.45) is 11.3 Å². The first-order valence-electron chi connectivity index (χ1n) is 9.21. The molecule has 25 heavy (non-hydrogen) atoms. The Morgan fingerprint density at radius 3 is 2.68 bits per heavy atom. The van der Waals surface area contributed by atoms with Crippen LogP contribution in [0, 0.1) is 18.3 Å². The summed E-state index contributed by atoms with van der Waals surface area (Å²) in [5, 5.41) is 13.8. The van der Waals surface area contributed by atoms with E-state index < -0.39 is 11.4 Å². The molecule has 4 atom stereocenters. The number of benzene rings is 2. The predicted octanol–water partition coefficient (Wildman–Crippen LogP) is 3.46. The Morgan fingerprint density at radius 1 is 1.16 bits per heavy atom. The molecule has 2 aromatic rings. The molecule has 3 nitrogen and oxygen atoms in total. The topological polar surface area (TPSA) is 49.3 Å². The van der Waals surface area contributed by atoms with Crippen LogP contribution in [-0.2, 0) is 10.2 Å². The third kappa shape index (κ3) is 1.67. The second-order valence-corrected chi connectivity index (χ2v) is 8.04. The maximum atomic E-state index is 12.5. The summed E-state index contributed by atoms with van der Waals surface area (Å²) in [6.07, 6.45) is 1.99. The van der Waals surface area contributed by atoms with Crippen LogP contribution in [0.1, 0.15) is 41.0 Å². The zero-order valence-electron chi connectivity index (χ0n) is 14.5. The van der Waals surface area contributed by atoms with E-state index in [9.17, 15) is 9.90 Å². The molecule has 1 saturated heterocycles. The van der Waals surface area contributed by atoms with Gasteiger partial charge in [-0.05, 0) is 36.5 Å². The SMILES string of the molecule is Cc1ccc(C23CCC(c4ccccc42)C2(C(=O)O)CNCC32)cc1. The van der Waals surface area contributed by atoms with Crippen LogP contribution in [0.5, 0.6) is 0 Å². The van der Waals surface area contributed by atoms with E-state index in [1.165, 1.54) is 22.3 Å². The zero-order valence-corrected chi connectivity index (χ0v) is 14.5. The first kappa shape index (κ1) is 15.2. The molecule has 128 valence electrons. The number of carboxylic acid groups (broad SMARTS) is 1. The van der Waals surface area contributed by atoms with Crippen LogP contribution in [0.4, 0.5) is 0 Å². The molecule has 4 unspecified atom stereocenters. The Kier molecular flexibility index (Phi) is 3.00. The van der Waals surface area contributed by atoms with Crippen molar-refractivity contribution in [1.29, 1.82) is 0 Å². The number of rotatable bonds is 2. The normalized spacial score (nSPS) is 35.2. The lowest BCUT2D eigenvalue weighted by molar-refractivity contribution is -0.157. The van der Waals surface area contributed by atoms with E-state index in [4.69, 9.17) is 0 Å². The number of fused-ring (bicyclic) bond motifs is 1. The highest BCUT2D eigenvalue weighted by molar-refractivity contribution is 5.80. The lowest BCUT2D eigenvalue weighted by Crippen LogP contribution is -2.60. The number of aryl methyl sites for hydroxylation is 1. The average Bonchev–Trinajstić information content (AvgIpc) is 3.11. The standard InChI is InChI=1S/C22H23NO2/c1-14-6-8-15(9-7-14)21-11-10-18(16-4-2-3-5-17(16)21)22(20(24)25)13-23-12-19(21)22/h2-9,18-19,23H,10-13H2,1H3,(H,24,25). The molecule has 2 N–H and O–H groups in total. The summed E-state index contributed by atoms with van der Waals surface area (Å²) >= 11 is 0. The van der Waals surface area contributed by atoms with E-state index in [1.807, 2.05) is 0 Å². The highest BCUT2D eigenvalue weighted by Crippen LogP contribution is 2.67. The maximum Gasteiger partial charge on any atom is 0.311 e. The minimum atomic E-state index is -0.683. The molecule has 1 heterocycles. The lowest BCUT2D eigenvalue weighted by atomic mass is 9.42. The van der Waals surface area contributed by atoms with Crippen LogP contribution in [0.3, 0.4) is 0 Å². The average molecular weight is 333 g/mol. The molecular weight excluding hydrogens is 310 g/mol. The van der Waals surface area contributed by atoms with E-state index in [2.05, 4.69) is 60.8 Å². The predicted molar refractivity (Wildman–Crippen MR) is 96.8 cm³/mol. The second kappa shape index (κ2) is 4.95. The molecule has 0 spiro atoms. The van der Waals surface area contributed by atoms with E-state index >= 15 is 0 Å². The molecule has 0 radical (unpaired) electrons. The monoisotopic (exact) mass is 333 g/mol. The molecule has 3 heteroatoms. The maximum absolute atomic E-state index is 12.5. The van der Waals surface area contributed by atoms with Gasteiger partial charge in [-0.1, -0.05) is 54.1 Å². The number of hydrogen-bond acceptors (Lipinski definition) is 2. The first-order chi connectivity index (χ1) is 12.1. The van der Waals surface area contributed by atoms with Gasteiger partial charge in [0.25, 0.3) is 0 Å². The van der Waals surface area contributed by atoms with Crippen molar-refractivity contribution in [3.8, 4) is 0 Å². The zero-order chi connectivity index (χ0) is 17.2. The summed E-state index contributed by atoms with van der Waals surface area (Å²) in [5.74, 6) is -0.402. The number of hydrogen-bond donors (Lipinski definition) is 2. The fraction of sp³-hybridized carbons (Fsp3) is 0.409. The fourth-order valence-electron chi connectivity index (χ4n) is 6.20. The molecule has 1 aliphatic heterocycles. The summed E-state index contributed by atoms with van der Waals surface area (Å²) in [7, 11) is 0. The van der Waals surface area contributed by atoms with Gasteiger partial charge in [0, 0.05) is 30.3 Å². The van der Waals surface area contributed by atoms with E-state index in [-0.39, 0.29) is 17.3 Å². The van der Waals surface area contributed by atoms with Gasteiger partial charge in [0.2, 0.25) is 0 Å². The highest BCUT2D eigenvalue weighted by atomic mass is 16.4. The lowest BCUT2D eigenvalue weighted by Gasteiger charge is -2.59. The molecule has 2 fully saturated rings. The van der Waals surface area contributed by atoms with Crippen LogP contribution in [0.2, 0.25) is 0 Å². The minimum absolute atomic E-state index is 0.105. The summed E-state index contributed by atoms with van der Waals surface area (Å²) in [6.45, 7) is 3.47. The molecular formula is C22H23NO2. The van der Waals surface area contributed by atoms with Gasteiger partial charge >= 0.3 is 5.97 Å². The van der Waals surface area contributed by atoms with Crippen molar-refractivity contribution in [2.75, 3.05) is 13.1 Å². The van der Waals surface area contributed by atoms with Crippen molar-refractivity contribution in [3.05, 3.63) is 70.8 Å². The van der Waals surface area contributed by atoms with Gasteiger partial charge in [-0.15, -0.1) is 0 Å². The van der Waals surface area contributed by atoms with Crippen molar-refractivity contribution in [3.63, 3.8) is 0 Å². The van der Waals surface area contributed by atoms with Gasteiger partial charge in [-0.2, -0.15) is 0 Å². The van der Waals surface area contributed by atoms with Gasteiger partial charge in [-0.3, -0.25) is 4.79 Å². The van der Waals surface area contributed by atoms with Crippen LogP contribution in [0.15, 0.2) is 48.5 Å².